The number of carbonyl (C=O) groups excluding carboxylic acids is 2. The highest BCUT2D eigenvalue weighted by atomic mass is 32.2. The Morgan fingerprint density at radius 1 is 1.32 bits per heavy atom. The molecule has 0 bridgehead atoms. The Morgan fingerprint density at radius 3 is 2.79 bits per heavy atom. The van der Waals surface area contributed by atoms with Gasteiger partial charge in [0.25, 0.3) is 5.91 Å². The number of nitrogens with one attached hydrogen (secondary N) is 1. The van der Waals surface area contributed by atoms with E-state index in [4.69, 9.17) is 0 Å². The molecule has 0 radical (unpaired) electrons. The minimum atomic E-state index is -3.05. The van der Waals surface area contributed by atoms with Crippen molar-refractivity contribution in [2.45, 2.75) is 31.4 Å². The van der Waals surface area contributed by atoms with Gasteiger partial charge in [0.2, 0.25) is 5.91 Å². The van der Waals surface area contributed by atoms with Gasteiger partial charge in [-0.1, -0.05) is 6.07 Å². The highest BCUT2D eigenvalue weighted by molar-refractivity contribution is 7.91. The number of aliphatic hydroxyl groups is 1. The molecular formula is C19H27N3O5S. The van der Waals surface area contributed by atoms with E-state index >= 15 is 0 Å². The number of amides is 2. The van der Waals surface area contributed by atoms with Gasteiger partial charge in [-0.15, -0.1) is 0 Å². The third-order valence-electron chi connectivity index (χ3n) is 5.39. The maximum Gasteiger partial charge on any atom is 0.254 e. The number of likely N-dealkylation sites (tertiary alicyclic amines) is 1. The molecule has 2 saturated heterocycles. The van der Waals surface area contributed by atoms with Gasteiger partial charge in [0, 0.05) is 37.4 Å². The van der Waals surface area contributed by atoms with Crippen molar-refractivity contribution in [1.82, 2.24) is 9.80 Å². The van der Waals surface area contributed by atoms with Gasteiger partial charge in [0.1, 0.15) is 0 Å². The summed E-state index contributed by atoms with van der Waals surface area (Å²) >= 11 is 0. The van der Waals surface area contributed by atoms with Crippen LogP contribution in [0.1, 0.15) is 29.6 Å². The molecule has 9 heteroatoms. The van der Waals surface area contributed by atoms with E-state index in [1.54, 1.807) is 36.2 Å². The van der Waals surface area contributed by atoms with Crippen LogP contribution in [0.3, 0.4) is 0 Å². The lowest BCUT2D eigenvalue weighted by atomic mass is 10.1. The van der Waals surface area contributed by atoms with Gasteiger partial charge in [-0.3, -0.25) is 9.59 Å². The number of anilines is 1. The van der Waals surface area contributed by atoms with Crippen molar-refractivity contribution in [3.05, 3.63) is 29.8 Å². The third-order valence-corrected chi connectivity index (χ3v) is 7.14. The van der Waals surface area contributed by atoms with Crippen LogP contribution in [-0.2, 0) is 14.6 Å². The molecule has 154 valence electrons. The van der Waals surface area contributed by atoms with Gasteiger partial charge in [-0.2, -0.15) is 0 Å². The molecule has 28 heavy (non-hydrogen) atoms. The summed E-state index contributed by atoms with van der Waals surface area (Å²) in [5, 5.41) is 12.8. The highest BCUT2D eigenvalue weighted by Crippen LogP contribution is 2.18. The zero-order valence-corrected chi connectivity index (χ0v) is 16.8. The third kappa shape index (κ3) is 5.02. The Kier molecular flexibility index (Phi) is 6.24. The summed E-state index contributed by atoms with van der Waals surface area (Å²) in [6, 6.07) is 6.64. The molecular weight excluding hydrogens is 382 g/mol. The molecule has 1 aromatic rings. The van der Waals surface area contributed by atoms with Gasteiger partial charge < -0.3 is 20.2 Å². The maximum absolute atomic E-state index is 12.6. The smallest absolute Gasteiger partial charge is 0.254 e. The van der Waals surface area contributed by atoms with E-state index in [1.165, 1.54) is 4.90 Å². The Hall–Kier alpha value is -2.13. The molecule has 8 nitrogen and oxygen atoms in total. The first-order chi connectivity index (χ1) is 13.2. The second-order valence-electron chi connectivity index (χ2n) is 7.54. The van der Waals surface area contributed by atoms with E-state index in [0.29, 0.717) is 37.2 Å². The van der Waals surface area contributed by atoms with Crippen molar-refractivity contribution >= 4 is 27.3 Å². The van der Waals surface area contributed by atoms with Gasteiger partial charge >= 0.3 is 0 Å². The summed E-state index contributed by atoms with van der Waals surface area (Å²) in [6.07, 6.45) is 1.48. The Morgan fingerprint density at radius 2 is 2.11 bits per heavy atom. The molecule has 3 rings (SSSR count). The van der Waals surface area contributed by atoms with Crippen LogP contribution in [0.4, 0.5) is 5.69 Å². The second-order valence-corrected chi connectivity index (χ2v) is 9.77. The number of β-amino-alcohol motifs (C(OH)–C–C–N with tert-alkyl or cyclic N) is 1. The largest absolute Gasteiger partial charge is 0.391 e. The summed E-state index contributed by atoms with van der Waals surface area (Å²) in [5.74, 6) is -0.195. The number of carbonyl (C=O) groups is 2. The fourth-order valence-electron chi connectivity index (χ4n) is 3.67. The number of benzene rings is 1. The minimum absolute atomic E-state index is 0.0148. The lowest BCUT2D eigenvalue weighted by Gasteiger charge is -2.30. The summed E-state index contributed by atoms with van der Waals surface area (Å²) in [4.78, 5) is 28.1. The summed E-state index contributed by atoms with van der Waals surface area (Å²) in [7, 11) is -1.42. The lowest BCUT2D eigenvalue weighted by Crippen LogP contribution is -2.42. The number of hydrogen-bond acceptors (Lipinski definition) is 6. The van der Waals surface area contributed by atoms with Crippen LogP contribution >= 0.6 is 0 Å². The number of piperidine rings is 1. The van der Waals surface area contributed by atoms with Crippen LogP contribution in [0.25, 0.3) is 0 Å². The standard InChI is InChI=1S/C19H27N3O5S/c1-21(16-7-9-28(26,27)13-16)18(24)11-20-15-5-2-4-14(10-15)19(25)22-8-3-6-17(23)12-22/h2,4-5,10,16-17,20,23H,3,6-9,11-13H2,1H3/t16-,17+/m1/s1. The molecule has 2 fully saturated rings. The fraction of sp³-hybridized carbons (Fsp3) is 0.579. The molecule has 0 aliphatic carbocycles. The molecule has 0 aromatic heterocycles. The quantitative estimate of drug-likeness (QED) is 0.726. The average Bonchev–Trinajstić information content (AvgIpc) is 3.05. The SMILES string of the molecule is CN(C(=O)CNc1cccc(C(=O)N2CCC[C@H](O)C2)c1)[C@@H]1CCS(=O)(=O)C1. The van der Waals surface area contributed by atoms with Gasteiger partial charge in [-0.05, 0) is 37.5 Å². The lowest BCUT2D eigenvalue weighted by molar-refractivity contribution is -0.129. The number of aliphatic hydroxyl groups excluding tert-OH is 1. The number of nitrogens with zero attached hydrogens (tertiary/aromatic N) is 2. The maximum atomic E-state index is 12.6. The van der Waals surface area contributed by atoms with E-state index in [-0.39, 0.29) is 35.9 Å². The van der Waals surface area contributed by atoms with Crippen molar-refractivity contribution in [2.24, 2.45) is 0 Å². The highest BCUT2D eigenvalue weighted by Gasteiger charge is 2.32. The fourth-order valence-corrected chi connectivity index (χ4v) is 5.45. The summed E-state index contributed by atoms with van der Waals surface area (Å²) < 4.78 is 23.2. The van der Waals surface area contributed by atoms with E-state index in [2.05, 4.69) is 5.32 Å². The van der Waals surface area contributed by atoms with E-state index in [1.807, 2.05) is 0 Å². The van der Waals surface area contributed by atoms with Crippen molar-refractivity contribution in [3.8, 4) is 0 Å². The van der Waals surface area contributed by atoms with Crippen molar-refractivity contribution in [3.63, 3.8) is 0 Å². The minimum Gasteiger partial charge on any atom is -0.391 e. The van der Waals surface area contributed by atoms with Crippen molar-refractivity contribution < 1.29 is 23.1 Å². The van der Waals surface area contributed by atoms with E-state index in [0.717, 1.165) is 6.42 Å². The van der Waals surface area contributed by atoms with Gasteiger partial charge in [-0.25, -0.2) is 8.42 Å². The normalized spacial score (nSPS) is 24.0. The Balaban J connectivity index is 1.57. The predicted molar refractivity (Wildman–Crippen MR) is 106 cm³/mol. The van der Waals surface area contributed by atoms with Crippen LogP contribution in [0.5, 0.6) is 0 Å². The van der Waals surface area contributed by atoms with Crippen LogP contribution in [0.15, 0.2) is 24.3 Å². The van der Waals surface area contributed by atoms with E-state index in [9.17, 15) is 23.1 Å². The molecule has 0 saturated carbocycles. The zero-order valence-electron chi connectivity index (χ0n) is 16.0. The summed E-state index contributed by atoms with van der Waals surface area (Å²) in [5.41, 5.74) is 1.14. The van der Waals surface area contributed by atoms with Crippen LogP contribution in [-0.4, -0.2) is 85.5 Å². The van der Waals surface area contributed by atoms with Gasteiger partial charge in [0.15, 0.2) is 9.84 Å². The van der Waals surface area contributed by atoms with Crippen LogP contribution in [0.2, 0.25) is 0 Å². The molecule has 0 spiro atoms. The molecule has 2 amide bonds. The molecule has 2 heterocycles. The monoisotopic (exact) mass is 409 g/mol. The number of hydrogen-bond donors (Lipinski definition) is 2. The topological polar surface area (TPSA) is 107 Å². The number of likely N-dealkylation sites (N-methyl/N-ethyl adjacent to an activating group) is 1. The van der Waals surface area contributed by atoms with Crippen molar-refractivity contribution in [1.29, 1.82) is 0 Å². The number of sulfone groups is 1. The van der Waals surface area contributed by atoms with Crippen molar-refractivity contribution in [2.75, 3.05) is 43.5 Å². The Bertz CT molecular complexity index is 842. The molecule has 0 unspecified atom stereocenters. The number of rotatable bonds is 5. The van der Waals surface area contributed by atoms with E-state index < -0.39 is 15.9 Å². The Labute approximate surface area is 165 Å². The first kappa shape index (κ1) is 20.6. The zero-order chi connectivity index (χ0) is 20.3. The second kappa shape index (κ2) is 8.48. The molecule has 2 aliphatic heterocycles. The molecule has 1 aromatic carbocycles. The average molecular weight is 410 g/mol. The first-order valence-electron chi connectivity index (χ1n) is 9.52. The molecule has 2 aliphatic rings. The van der Waals surface area contributed by atoms with Crippen LogP contribution < -0.4 is 5.32 Å². The molecule has 2 atom stereocenters. The van der Waals surface area contributed by atoms with Crippen LogP contribution in [0, 0.1) is 0 Å². The molecule has 2 N–H and O–H groups in total. The predicted octanol–water partition coefficient (Wildman–Crippen LogP) is 0.341. The first-order valence-corrected chi connectivity index (χ1v) is 11.3. The van der Waals surface area contributed by atoms with Gasteiger partial charge in [0.05, 0.1) is 24.2 Å². The summed E-state index contributed by atoms with van der Waals surface area (Å²) in [6.45, 7) is 0.984.